The third-order valence-corrected chi connectivity index (χ3v) is 5.80. The van der Waals surface area contributed by atoms with Crippen molar-refractivity contribution in [2.24, 2.45) is 5.92 Å². The van der Waals surface area contributed by atoms with Crippen LogP contribution < -0.4 is 0 Å². The van der Waals surface area contributed by atoms with Gasteiger partial charge in [-0.15, -0.1) is 0 Å². The van der Waals surface area contributed by atoms with Gasteiger partial charge in [-0.05, 0) is 69.9 Å². The molecule has 0 amide bonds. The standard InChI is InChI=1S/C22H31ClN4O2/c1-3-29-22(28)21-19(14-24-25-21)16-26(2)15-18-9-12-27(13-10-18)11-8-17-4-6-20(23)7-5-17/h4-7,14,18H,3,8-13,15-16H2,1-2H3,(H,24,25). The summed E-state index contributed by atoms with van der Waals surface area (Å²) in [5.41, 5.74) is 2.70. The maximum absolute atomic E-state index is 12.0. The van der Waals surface area contributed by atoms with E-state index in [9.17, 15) is 4.79 Å². The quantitative estimate of drug-likeness (QED) is 0.630. The van der Waals surface area contributed by atoms with Gasteiger partial charge in [-0.3, -0.25) is 5.10 Å². The summed E-state index contributed by atoms with van der Waals surface area (Å²) in [5.74, 6) is 0.354. The van der Waals surface area contributed by atoms with Crippen molar-refractivity contribution < 1.29 is 9.53 Å². The molecule has 29 heavy (non-hydrogen) atoms. The summed E-state index contributed by atoms with van der Waals surface area (Å²) in [6, 6.07) is 8.16. The molecule has 0 unspecified atom stereocenters. The van der Waals surface area contributed by atoms with Crippen LogP contribution in [0.4, 0.5) is 0 Å². The number of aromatic nitrogens is 2. The van der Waals surface area contributed by atoms with Crippen LogP contribution in [-0.2, 0) is 17.7 Å². The van der Waals surface area contributed by atoms with Crippen molar-refractivity contribution in [3.8, 4) is 0 Å². The van der Waals surface area contributed by atoms with Gasteiger partial charge in [0.1, 0.15) is 5.69 Å². The van der Waals surface area contributed by atoms with Crippen LogP contribution in [0.5, 0.6) is 0 Å². The van der Waals surface area contributed by atoms with E-state index in [1.807, 2.05) is 19.1 Å². The van der Waals surface area contributed by atoms with Crippen LogP contribution in [0.3, 0.4) is 0 Å². The lowest BCUT2D eigenvalue weighted by Gasteiger charge is -2.34. The van der Waals surface area contributed by atoms with Crippen molar-refractivity contribution in [2.45, 2.75) is 32.7 Å². The average Bonchev–Trinajstić information content (AvgIpc) is 3.17. The monoisotopic (exact) mass is 418 g/mol. The molecule has 1 fully saturated rings. The zero-order valence-electron chi connectivity index (χ0n) is 17.4. The molecule has 1 aliphatic heterocycles. The maximum Gasteiger partial charge on any atom is 0.356 e. The molecule has 1 aromatic heterocycles. The molecular weight excluding hydrogens is 388 g/mol. The van der Waals surface area contributed by atoms with Crippen molar-refractivity contribution in [2.75, 3.05) is 39.8 Å². The van der Waals surface area contributed by atoms with Gasteiger partial charge in [0.25, 0.3) is 0 Å². The number of likely N-dealkylation sites (tertiary alicyclic amines) is 1. The van der Waals surface area contributed by atoms with E-state index in [2.05, 4.69) is 39.2 Å². The number of esters is 1. The zero-order valence-corrected chi connectivity index (χ0v) is 18.1. The smallest absolute Gasteiger partial charge is 0.356 e. The van der Waals surface area contributed by atoms with Crippen LogP contribution in [0, 0.1) is 5.92 Å². The minimum Gasteiger partial charge on any atom is -0.461 e. The van der Waals surface area contributed by atoms with Crippen LogP contribution in [-0.4, -0.2) is 65.8 Å². The molecule has 2 aromatic rings. The fraction of sp³-hybridized carbons (Fsp3) is 0.545. The van der Waals surface area contributed by atoms with Crippen molar-refractivity contribution in [1.82, 2.24) is 20.0 Å². The van der Waals surface area contributed by atoms with Crippen molar-refractivity contribution in [1.29, 1.82) is 0 Å². The summed E-state index contributed by atoms with van der Waals surface area (Å²) >= 11 is 5.96. The Balaban J connectivity index is 1.39. The fourth-order valence-electron chi connectivity index (χ4n) is 3.94. The number of hydrogen-bond donors (Lipinski definition) is 1. The second kappa shape index (κ2) is 10.8. The van der Waals surface area contributed by atoms with Crippen molar-refractivity contribution >= 4 is 17.6 Å². The SMILES string of the molecule is CCOC(=O)c1[nH]ncc1CN(C)CC1CCN(CCc2ccc(Cl)cc2)CC1. The first-order chi connectivity index (χ1) is 14.0. The van der Waals surface area contributed by atoms with E-state index >= 15 is 0 Å². The van der Waals surface area contributed by atoms with E-state index in [4.69, 9.17) is 16.3 Å². The van der Waals surface area contributed by atoms with E-state index in [-0.39, 0.29) is 5.97 Å². The van der Waals surface area contributed by atoms with Gasteiger partial charge in [0.2, 0.25) is 0 Å². The second-order valence-electron chi connectivity index (χ2n) is 7.85. The Bertz CT molecular complexity index is 769. The molecule has 1 saturated heterocycles. The summed E-state index contributed by atoms with van der Waals surface area (Å²) in [7, 11) is 2.11. The highest BCUT2D eigenvalue weighted by Gasteiger charge is 2.22. The third-order valence-electron chi connectivity index (χ3n) is 5.54. The van der Waals surface area contributed by atoms with E-state index < -0.39 is 0 Å². The van der Waals surface area contributed by atoms with Crippen molar-refractivity contribution in [3.05, 3.63) is 52.3 Å². The summed E-state index contributed by atoms with van der Waals surface area (Å²) in [4.78, 5) is 16.8. The molecule has 0 bridgehead atoms. The lowest BCUT2D eigenvalue weighted by atomic mass is 9.96. The summed E-state index contributed by atoms with van der Waals surface area (Å²) in [6.45, 7) is 7.28. The van der Waals surface area contributed by atoms with E-state index in [0.29, 0.717) is 24.8 Å². The summed E-state index contributed by atoms with van der Waals surface area (Å²) in [6.07, 6.45) is 5.21. The normalized spacial score (nSPS) is 15.7. The largest absolute Gasteiger partial charge is 0.461 e. The molecule has 1 aliphatic rings. The molecule has 6 nitrogen and oxygen atoms in total. The molecule has 1 aromatic carbocycles. The second-order valence-corrected chi connectivity index (χ2v) is 8.29. The third kappa shape index (κ3) is 6.56. The average molecular weight is 419 g/mol. The highest BCUT2D eigenvalue weighted by molar-refractivity contribution is 6.30. The number of piperidine rings is 1. The fourth-order valence-corrected chi connectivity index (χ4v) is 4.06. The molecule has 0 radical (unpaired) electrons. The predicted molar refractivity (Wildman–Crippen MR) is 115 cm³/mol. The molecule has 0 atom stereocenters. The Hall–Kier alpha value is -1.89. The van der Waals surface area contributed by atoms with E-state index in [1.54, 1.807) is 6.20 Å². The van der Waals surface area contributed by atoms with Gasteiger partial charge in [-0.2, -0.15) is 5.10 Å². The molecule has 3 rings (SSSR count). The van der Waals surface area contributed by atoms with Gasteiger partial charge in [0.05, 0.1) is 12.8 Å². The molecular formula is C22H31ClN4O2. The van der Waals surface area contributed by atoms with Gasteiger partial charge < -0.3 is 14.5 Å². The molecule has 7 heteroatoms. The lowest BCUT2D eigenvalue weighted by molar-refractivity contribution is 0.0517. The number of ether oxygens (including phenoxy) is 1. The minimum absolute atomic E-state index is 0.331. The number of nitrogens with zero attached hydrogens (tertiary/aromatic N) is 3. The first-order valence-electron chi connectivity index (χ1n) is 10.4. The number of benzene rings is 1. The van der Waals surface area contributed by atoms with Crippen LogP contribution in [0.25, 0.3) is 0 Å². The number of H-pyrrole nitrogens is 1. The lowest BCUT2D eigenvalue weighted by Crippen LogP contribution is -2.38. The Morgan fingerprint density at radius 2 is 2.03 bits per heavy atom. The number of nitrogens with one attached hydrogen (secondary N) is 1. The van der Waals surface area contributed by atoms with Crippen LogP contribution >= 0.6 is 11.6 Å². The Labute approximate surface area is 178 Å². The van der Waals surface area contributed by atoms with E-state index in [1.165, 1.54) is 18.4 Å². The van der Waals surface area contributed by atoms with Crippen LogP contribution in [0.15, 0.2) is 30.5 Å². The summed E-state index contributed by atoms with van der Waals surface area (Å²) in [5, 5.41) is 7.58. The molecule has 0 spiro atoms. The Morgan fingerprint density at radius 1 is 1.31 bits per heavy atom. The van der Waals surface area contributed by atoms with Crippen LogP contribution in [0.1, 0.15) is 41.4 Å². The minimum atomic E-state index is -0.331. The Kier molecular flexibility index (Phi) is 8.09. The first-order valence-corrected chi connectivity index (χ1v) is 10.8. The predicted octanol–water partition coefficient (Wildman–Crippen LogP) is 3.63. The van der Waals surface area contributed by atoms with Crippen molar-refractivity contribution in [3.63, 3.8) is 0 Å². The number of carbonyl (C=O) groups is 1. The molecule has 1 N–H and O–H groups in total. The van der Waals surface area contributed by atoms with Crippen LogP contribution in [0.2, 0.25) is 5.02 Å². The number of halogens is 1. The molecule has 158 valence electrons. The number of hydrogen-bond acceptors (Lipinski definition) is 5. The molecule has 2 heterocycles. The molecule has 0 saturated carbocycles. The topological polar surface area (TPSA) is 61.5 Å². The first kappa shape index (κ1) is 21.8. The summed E-state index contributed by atoms with van der Waals surface area (Å²) < 4.78 is 5.09. The Morgan fingerprint density at radius 3 is 2.72 bits per heavy atom. The van der Waals surface area contributed by atoms with E-state index in [0.717, 1.165) is 43.2 Å². The van der Waals surface area contributed by atoms with Gasteiger partial charge in [-0.25, -0.2) is 4.79 Å². The van der Waals surface area contributed by atoms with Gasteiger partial charge >= 0.3 is 5.97 Å². The number of rotatable bonds is 9. The van der Waals surface area contributed by atoms with Gasteiger partial charge in [-0.1, -0.05) is 23.7 Å². The number of carbonyl (C=O) groups excluding carboxylic acids is 1. The van der Waals surface area contributed by atoms with Gasteiger partial charge in [0.15, 0.2) is 0 Å². The highest BCUT2D eigenvalue weighted by atomic mass is 35.5. The highest BCUT2D eigenvalue weighted by Crippen LogP contribution is 2.20. The number of aromatic amines is 1. The zero-order chi connectivity index (χ0) is 20.6. The van der Waals surface area contributed by atoms with Gasteiger partial charge in [0, 0.05) is 30.2 Å². The molecule has 0 aliphatic carbocycles. The maximum atomic E-state index is 12.0.